The highest BCUT2D eigenvalue weighted by molar-refractivity contribution is 9.10. The molecule has 0 fully saturated rings. The summed E-state index contributed by atoms with van der Waals surface area (Å²) < 4.78 is 31.8. The average molecular weight is 493 g/mol. The minimum absolute atomic E-state index is 0.376. The van der Waals surface area contributed by atoms with Crippen molar-refractivity contribution in [2.45, 2.75) is 6.92 Å². The topological polar surface area (TPSA) is 92.0 Å². The third-order valence-electron chi connectivity index (χ3n) is 3.04. The van der Waals surface area contributed by atoms with Gasteiger partial charge in [-0.2, -0.15) is 5.10 Å². The van der Waals surface area contributed by atoms with Crippen LogP contribution in [0.15, 0.2) is 48.8 Å². The second-order valence-electron chi connectivity index (χ2n) is 5.10. The molecule has 7 nitrogen and oxygen atoms in total. The Labute approximate surface area is 162 Å². The quantitative estimate of drug-likeness (QED) is 0.495. The lowest BCUT2D eigenvalue weighted by atomic mass is 10.3. The first-order chi connectivity index (χ1) is 11.7. The molecule has 0 saturated carbocycles. The van der Waals surface area contributed by atoms with Crippen molar-refractivity contribution in [1.82, 2.24) is 5.43 Å². The van der Waals surface area contributed by atoms with Crippen molar-refractivity contribution in [2.24, 2.45) is 5.10 Å². The molecule has 25 heavy (non-hydrogen) atoms. The Bertz CT molecular complexity index is 890. The molecular weight excluding hydrogens is 478 g/mol. The van der Waals surface area contributed by atoms with Crippen LogP contribution in [0, 0.1) is 6.92 Å². The van der Waals surface area contributed by atoms with Crippen molar-refractivity contribution >= 4 is 59.7 Å². The fourth-order valence-corrected chi connectivity index (χ4v) is 3.45. The van der Waals surface area contributed by atoms with Gasteiger partial charge in [-0.15, -0.1) is 0 Å². The molecule has 10 heteroatoms. The zero-order valence-electron chi connectivity index (χ0n) is 13.4. The van der Waals surface area contributed by atoms with Crippen LogP contribution in [0.4, 0.5) is 5.69 Å². The van der Waals surface area contributed by atoms with Gasteiger partial charge in [-0.3, -0.25) is 9.10 Å². The van der Waals surface area contributed by atoms with E-state index in [9.17, 15) is 13.2 Å². The molecule has 2 rings (SSSR count). The molecule has 1 aromatic heterocycles. The Kier molecular flexibility index (Phi) is 6.42. The Morgan fingerprint density at radius 2 is 2.08 bits per heavy atom. The van der Waals surface area contributed by atoms with Gasteiger partial charge in [-0.1, -0.05) is 22.0 Å². The molecule has 1 aromatic carbocycles. The third kappa shape index (κ3) is 5.68. The molecule has 1 heterocycles. The number of hydrogen-bond acceptors (Lipinski definition) is 5. The van der Waals surface area contributed by atoms with Gasteiger partial charge in [0.05, 0.1) is 22.6 Å². The molecule has 2 aromatic rings. The standard InChI is InChI=1S/C15H15Br2N3O4S/c1-10-14(17)7-13(24-10)8-18-19-15(21)9-20(25(2,22)23)12-5-3-4-11(16)6-12/h3-8H,9H2,1-2H3,(H,19,21)/b18-8-. The summed E-state index contributed by atoms with van der Waals surface area (Å²) >= 11 is 6.58. The average Bonchev–Trinajstić information content (AvgIpc) is 2.82. The number of hydrazone groups is 1. The highest BCUT2D eigenvalue weighted by Crippen LogP contribution is 2.22. The summed E-state index contributed by atoms with van der Waals surface area (Å²) in [6.45, 7) is 1.38. The van der Waals surface area contributed by atoms with E-state index in [-0.39, 0.29) is 0 Å². The number of sulfonamides is 1. The molecule has 0 aliphatic carbocycles. The molecule has 0 radical (unpaired) electrons. The second kappa shape index (κ2) is 8.15. The largest absolute Gasteiger partial charge is 0.459 e. The number of anilines is 1. The van der Waals surface area contributed by atoms with Gasteiger partial charge in [-0.05, 0) is 41.1 Å². The zero-order chi connectivity index (χ0) is 18.6. The SMILES string of the molecule is Cc1oc(/C=N\NC(=O)CN(c2cccc(Br)c2)S(C)(=O)=O)cc1Br. The number of aryl methyl sites for hydroxylation is 1. The summed E-state index contributed by atoms with van der Waals surface area (Å²) in [5, 5.41) is 3.77. The van der Waals surface area contributed by atoms with E-state index in [1.165, 1.54) is 6.21 Å². The van der Waals surface area contributed by atoms with E-state index in [1.807, 2.05) is 0 Å². The lowest BCUT2D eigenvalue weighted by Gasteiger charge is -2.21. The maximum atomic E-state index is 12.0. The summed E-state index contributed by atoms with van der Waals surface area (Å²) in [7, 11) is -3.63. The Hall–Kier alpha value is -1.65. The number of rotatable bonds is 6. The molecule has 1 N–H and O–H groups in total. The normalized spacial score (nSPS) is 11.7. The van der Waals surface area contributed by atoms with Crippen molar-refractivity contribution in [3.63, 3.8) is 0 Å². The van der Waals surface area contributed by atoms with Crippen molar-refractivity contribution in [2.75, 3.05) is 17.1 Å². The van der Waals surface area contributed by atoms with Gasteiger partial charge in [0, 0.05) is 10.5 Å². The molecule has 1 amide bonds. The van der Waals surface area contributed by atoms with Crippen LogP contribution in [0.5, 0.6) is 0 Å². The third-order valence-corrected chi connectivity index (χ3v) is 5.46. The summed E-state index contributed by atoms with van der Waals surface area (Å²) in [5.74, 6) is 0.561. The number of furan rings is 1. The first kappa shape index (κ1) is 19.7. The summed E-state index contributed by atoms with van der Waals surface area (Å²) in [4.78, 5) is 12.0. The van der Waals surface area contributed by atoms with E-state index in [0.29, 0.717) is 21.7 Å². The molecule has 0 atom stereocenters. The smallest absolute Gasteiger partial charge is 0.260 e. The van der Waals surface area contributed by atoms with Gasteiger partial charge in [0.25, 0.3) is 5.91 Å². The molecule has 0 aliphatic heterocycles. The maximum Gasteiger partial charge on any atom is 0.260 e. The first-order valence-electron chi connectivity index (χ1n) is 6.98. The van der Waals surface area contributed by atoms with Crippen molar-refractivity contribution in [3.8, 4) is 0 Å². The Balaban J connectivity index is 2.07. The number of carbonyl (C=O) groups is 1. The Morgan fingerprint density at radius 1 is 1.36 bits per heavy atom. The molecule has 0 saturated heterocycles. The van der Waals surface area contributed by atoms with Crippen LogP contribution >= 0.6 is 31.9 Å². The molecule has 0 bridgehead atoms. The van der Waals surface area contributed by atoms with Crippen molar-refractivity contribution in [1.29, 1.82) is 0 Å². The van der Waals surface area contributed by atoms with Gasteiger partial charge in [0.15, 0.2) is 0 Å². The molecular formula is C15H15Br2N3O4S. The highest BCUT2D eigenvalue weighted by Gasteiger charge is 2.20. The number of amides is 1. The number of benzene rings is 1. The van der Waals surface area contributed by atoms with Crippen molar-refractivity contribution < 1.29 is 17.6 Å². The molecule has 0 spiro atoms. The maximum absolute atomic E-state index is 12.0. The van der Waals surface area contributed by atoms with Crippen LogP contribution in [-0.2, 0) is 14.8 Å². The lowest BCUT2D eigenvalue weighted by Crippen LogP contribution is -2.39. The highest BCUT2D eigenvalue weighted by atomic mass is 79.9. The summed E-state index contributed by atoms with van der Waals surface area (Å²) in [6.07, 6.45) is 2.37. The fraction of sp³-hybridized carbons (Fsp3) is 0.200. The van der Waals surface area contributed by atoms with Gasteiger partial charge < -0.3 is 4.42 Å². The minimum atomic E-state index is -3.63. The minimum Gasteiger partial charge on any atom is -0.459 e. The summed E-state index contributed by atoms with van der Waals surface area (Å²) in [6, 6.07) is 8.37. The predicted molar refractivity (Wildman–Crippen MR) is 103 cm³/mol. The van der Waals surface area contributed by atoms with Gasteiger partial charge >= 0.3 is 0 Å². The Morgan fingerprint density at radius 3 is 2.64 bits per heavy atom. The van der Waals surface area contributed by atoms with Gasteiger partial charge in [0.2, 0.25) is 10.0 Å². The molecule has 0 unspecified atom stereocenters. The van der Waals surface area contributed by atoms with Crippen LogP contribution in [-0.4, -0.2) is 33.3 Å². The van der Waals surface area contributed by atoms with Crippen LogP contribution in [0.2, 0.25) is 0 Å². The first-order valence-corrected chi connectivity index (χ1v) is 10.4. The predicted octanol–water partition coefficient (Wildman–Crippen LogP) is 3.03. The van der Waals surface area contributed by atoms with E-state index >= 15 is 0 Å². The number of halogens is 2. The van der Waals surface area contributed by atoms with E-state index in [4.69, 9.17) is 4.42 Å². The van der Waals surface area contributed by atoms with E-state index in [2.05, 4.69) is 42.4 Å². The number of nitrogens with one attached hydrogen (secondary N) is 1. The van der Waals surface area contributed by atoms with E-state index in [1.54, 1.807) is 37.3 Å². The number of hydrogen-bond donors (Lipinski definition) is 1. The van der Waals surface area contributed by atoms with Crippen LogP contribution in [0.25, 0.3) is 0 Å². The molecule has 0 aliphatic rings. The number of carbonyl (C=O) groups excluding carboxylic acids is 1. The van der Waals surface area contributed by atoms with E-state index in [0.717, 1.165) is 15.0 Å². The fourth-order valence-electron chi connectivity index (χ4n) is 1.91. The molecule has 134 valence electrons. The van der Waals surface area contributed by atoms with E-state index < -0.39 is 22.5 Å². The number of nitrogens with zero attached hydrogens (tertiary/aromatic N) is 2. The van der Waals surface area contributed by atoms with Crippen LogP contribution in [0.3, 0.4) is 0 Å². The van der Waals surface area contributed by atoms with Gasteiger partial charge in [-0.25, -0.2) is 13.8 Å². The van der Waals surface area contributed by atoms with Crippen molar-refractivity contribution in [3.05, 3.63) is 50.8 Å². The van der Waals surface area contributed by atoms with Crippen LogP contribution < -0.4 is 9.73 Å². The van der Waals surface area contributed by atoms with Crippen LogP contribution in [0.1, 0.15) is 11.5 Å². The zero-order valence-corrected chi connectivity index (χ0v) is 17.4. The lowest BCUT2D eigenvalue weighted by molar-refractivity contribution is -0.119. The summed E-state index contributed by atoms with van der Waals surface area (Å²) in [5.41, 5.74) is 2.66. The second-order valence-corrected chi connectivity index (χ2v) is 8.77. The van der Waals surface area contributed by atoms with Gasteiger partial charge in [0.1, 0.15) is 18.1 Å². The monoisotopic (exact) mass is 491 g/mol.